The molecule has 0 N–H and O–H groups in total. The maximum Gasteiger partial charge on any atom is 0.117 e. The third kappa shape index (κ3) is 7.85. The van der Waals surface area contributed by atoms with E-state index in [0.29, 0.717) is 11.3 Å². The third-order valence-corrected chi connectivity index (χ3v) is 4.92. The normalized spacial score (nSPS) is 21.5. The summed E-state index contributed by atoms with van der Waals surface area (Å²) in [6, 6.07) is 0. The van der Waals surface area contributed by atoms with Crippen molar-refractivity contribution in [3.8, 4) is 0 Å². The molecule has 2 heteroatoms. The van der Waals surface area contributed by atoms with Crippen molar-refractivity contribution in [2.24, 2.45) is 16.5 Å². The summed E-state index contributed by atoms with van der Waals surface area (Å²) in [6.45, 7) is 12.0. The van der Waals surface area contributed by atoms with Gasteiger partial charge in [0, 0.05) is 5.92 Å². The van der Waals surface area contributed by atoms with E-state index in [0.717, 1.165) is 18.7 Å². The zero-order chi connectivity index (χ0) is 17.1. The number of allylic oxidation sites excluding steroid dienone is 4. The Morgan fingerprint density at radius 3 is 2.65 bits per heavy atom. The quantitative estimate of drug-likeness (QED) is 0.190. The summed E-state index contributed by atoms with van der Waals surface area (Å²) in [7, 11) is 0. The first kappa shape index (κ1) is 20.0. The summed E-state index contributed by atoms with van der Waals surface area (Å²) in [5.41, 5.74) is 2.79. The lowest BCUT2D eigenvalue weighted by Gasteiger charge is -2.36. The van der Waals surface area contributed by atoms with E-state index >= 15 is 0 Å². The fourth-order valence-electron chi connectivity index (χ4n) is 3.34. The fraction of sp³-hybridized carbons (Fsp3) is 0.762. The maximum atomic E-state index is 5.44. The summed E-state index contributed by atoms with van der Waals surface area (Å²) < 4.78 is 0. The second-order valence-corrected chi connectivity index (χ2v) is 7.65. The molecule has 2 nitrogen and oxygen atoms in total. The zero-order valence-corrected chi connectivity index (χ0v) is 16.0. The SMILES string of the molecule is CCCCCCCCO/N=C(C)/C=C/C1C(C)=CCCC1(C)C. The summed E-state index contributed by atoms with van der Waals surface area (Å²) >= 11 is 0. The minimum Gasteiger partial charge on any atom is -0.396 e. The van der Waals surface area contributed by atoms with Crippen molar-refractivity contribution < 1.29 is 4.84 Å². The molecule has 0 saturated heterocycles. The van der Waals surface area contributed by atoms with E-state index in [9.17, 15) is 0 Å². The Labute approximate surface area is 144 Å². The molecule has 1 atom stereocenters. The average Bonchev–Trinajstić information content (AvgIpc) is 2.49. The Kier molecular flexibility index (Phi) is 9.28. The van der Waals surface area contributed by atoms with Gasteiger partial charge in [0.25, 0.3) is 0 Å². The van der Waals surface area contributed by atoms with Gasteiger partial charge in [-0.25, -0.2) is 0 Å². The van der Waals surface area contributed by atoms with Crippen molar-refractivity contribution in [2.45, 2.75) is 86.0 Å². The predicted molar refractivity (Wildman–Crippen MR) is 102 cm³/mol. The van der Waals surface area contributed by atoms with Crippen molar-refractivity contribution >= 4 is 5.71 Å². The Hall–Kier alpha value is -1.05. The molecular weight excluding hydrogens is 282 g/mol. The van der Waals surface area contributed by atoms with Gasteiger partial charge in [-0.2, -0.15) is 0 Å². The first-order chi connectivity index (χ1) is 11.0. The summed E-state index contributed by atoms with van der Waals surface area (Å²) in [5, 5.41) is 4.23. The van der Waals surface area contributed by atoms with Crippen LogP contribution in [-0.2, 0) is 4.84 Å². The Morgan fingerprint density at radius 1 is 1.26 bits per heavy atom. The van der Waals surface area contributed by atoms with Crippen molar-refractivity contribution in [1.82, 2.24) is 0 Å². The van der Waals surface area contributed by atoms with Crippen molar-refractivity contribution in [3.05, 3.63) is 23.8 Å². The minimum atomic E-state index is 0.342. The highest BCUT2D eigenvalue weighted by Gasteiger charge is 2.30. The largest absolute Gasteiger partial charge is 0.396 e. The van der Waals surface area contributed by atoms with Crippen LogP contribution in [0.2, 0.25) is 0 Å². The third-order valence-electron chi connectivity index (χ3n) is 4.92. The molecule has 0 spiro atoms. The summed E-state index contributed by atoms with van der Waals surface area (Å²) in [5.74, 6) is 0.514. The Morgan fingerprint density at radius 2 is 1.96 bits per heavy atom. The van der Waals surface area contributed by atoms with Crippen LogP contribution in [0.25, 0.3) is 0 Å². The van der Waals surface area contributed by atoms with Gasteiger partial charge in [0.1, 0.15) is 6.61 Å². The van der Waals surface area contributed by atoms with Crippen LogP contribution in [0, 0.1) is 11.3 Å². The fourth-order valence-corrected chi connectivity index (χ4v) is 3.34. The Bertz CT molecular complexity index is 418. The standard InChI is InChI=1S/C21H37NO/c1-6-7-8-9-10-11-17-23-22-19(3)14-15-20-18(2)13-12-16-21(20,4)5/h13-15,20H,6-12,16-17H2,1-5H3/b15-14+,22-19+. The number of hydrogen-bond acceptors (Lipinski definition) is 2. The molecule has 1 aliphatic carbocycles. The van der Waals surface area contributed by atoms with Crippen LogP contribution in [0.5, 0.6) is 0 Å². The molecule has 1 unspecified atom stereocenters. The van der Waals surface area contributed by atoms with E-state index in [1.165, 1.54) is 50.5 Å². The van der Waals surface area contributed by atoms with Gasteiger partial charge >= 0.3 is 0 Å². The van der Waals surface area contributed by atoms with E-state index in [-0.39, 0.29) is 0 Å². The van der Waals surface area contributed by atoms with E-state index in [1.54, 1.807) is 0 Å². The van der Waals surface area contributed by atoms with Crippen LogP contribution in [0.3, 0.4) is 0 Å². The van der Waals surface area contributed by atoms with Gasteiger partial charge in [-0.1, -0.05) is 69.3 Å². The molecule has 0 saturated carbocycles. The molecular formula is C21H37NO. The lowest BCUT2D eigenvalue weighted by molar-refractivity contribution is 0.139. The van der Waals surface area contributed by atoms with Gasteiger partial charge in [0.2, 0.25) is 0 Å². The average molecular weight is 320 g/mol. The van der Waals surface area contributed by atoms with Gasteiger partial charge in [-0.05, 0) is 51.0 Å². The minimum absolute atomic E-state index is 0.342. The number of nitrogens with zero attached hydrogens (tertiary/aromatic N) is 1. The van der Waals surface area contributed by atoms with Crippen molar-refractivity contribution in [2.75, 3.05) is 6.61 Å². The van der Waals surface area contributed by atoms with Gasteiger partial charge in [0.15, 0.2) is 0 Å². The molecule has 0 fully saturated rings. The highest BCUT2D eigenvalue weighted by Crippen LogP contribution is 2.41. The molecule has 1 aliphatic rings. The van der Waals surface area contributed by atoms with Gasteiger partial charge in [0.05, 0.1) is 5.71 Å². The monoisotopic (exact) mass is 319 g/mol. The lowest BCUT2D eigenvalue weighted by Crippen LogP contribution is -2.26. The molecule has 0 radical (unpaired) electrons. The summed E-state index contributed by atoms with van der Waals surface area (Å²) in [6.07, 6.45) is 17.0. The molecule has 0 heterocycles. The molecule has 0 aliphatic heterocycles. The topological polar surface area (TPSA) is 21.6 Å². The smallest absolute Gasteiger partial charge is 0.117 e. The molecule has 0 aromatic carbocycles. The predicted octanol–water partition coefficient (Wildman–Crippen LogP) is 6.68. The van der Waals surface area contributed by atoms with Crippen LogP contribution < -0.4 is 0 Å². The molecule has 0 aromatic rings. The highest BCUT2D eigenvalue weighted by atomic mass is 16.6. The van der Waals surface area contributed by atoms with Gasteiger partial charge in [-0.3, -0.25) is 0 Å². The van der Waals surface area contributed by atoms with Crippen LogP contribution in [-0.4, -0.2) is 12.3 Å². The highest BCUT2D eigenvalue weighted by molar-refractivity contribution is 5.92. The summed E-state index contributed by atoms with van der Waals surface area (Å²) in [4.78, 5) is 5.44. The van der Waals surface area contributed by atoms with Crippen LogP contribution in [0.4, 0.5) is 0 Å². The maximum absolute atomic E-state index is 5.44. The molecule has 0 bridgehead atoms. The van der Waals surface area contributed by atoms with Gasteiger partial charge in [-0.15, -0.1) is 0 Å². The second kappa shape index (κ2) is 10.7. The van der Waals surface area contributed by atoms with Crippen LogP contribution in [0.1, 0.15) is 86.0 Å². The lowest BCUT2D eigenvalue weighted by atomic mass is 9.68. The van der Waals surface area contributed by atoms with E-state index in [1.807, 2.05) is 6.92 Å². The molecule has 1 rings (SSSR count). The number of hydrogen-bond donors (Lipinski definition) is 0. The van der Waals surface area contributed by atoms with Gasteiger partial charge < -0.3 is 4.84 Å². The number of unbranched alkanes of at least 4 members (excludes halogenated alkanes) is 5. The zero-order valence-electron chi connectivity index (χ0n) is 16.0. The van der Waals surface area contributed by atoms with Crippen molar-refractivity contribution in [3.63, 3.8) is 0 Å². The molecule has 23 heavy (non-hydrogen) atoms. The molecule has 0 amide bonds. The first-order valence-corrected chi connectivity index (χ1v) is 9.49. The number of oxime groups is 1. The Balaban J connectivity index is 2.30. The second-order valence-electron chi connectivity index (χ2n) is 7.65. The van der Waals surface area contributed by atoms with Crippen molar-refractivity contribution in [1.29, 1.82) is 0 Å². The van der Waals surface area contributed by atoms with Crippen LogP contribution >= 0.6 is 0 Å². The van der Waals surface area contributed by atoms with E-state index < -0.39 is 0 Å². The van der Waals surface area contributed by atoms with Crippen LogP contribution in [0.15, 0.2) is 29.0 Å². The van der Waals surface area contributed by atoms with E-state index in [4.69, 9.17) is 4.84 Å². The van der Waals surface area contributed by atoms with E-state index in [2.05, 4.69) is 51.1 Å². The number of rotatable bonds is 10. The first-order valence-electron chi connectivity index (χ1n) is 9.49. The molecule has 132 valence electrons. The molecule has 0 aromatic heterocycles.